The smallest absolute Gasteiger partial charge is 0.124 e. The van der Waals surface area contributed by atoms with E-state index in [1.54, 1.807) is 12.1 Å². The van der Waals surface area contributed by atoms with E-state index >= 15 is 0 Å². The van der Waals surface area contributed by atoms with Crippen LogP contribution in [0.5, 0.6) is 0 Å². The van der Waals surface area contributed by atoms with Gasteiger partial charge >= 0.3 is 0 Å². The van der Waals surface area contributed by atoms with Gasteiger partial charge in [0.15, 0.2) is 0 Å². The summed E-state index contributed by atoms with van der Waals surface area (Å²) in [4.78, 5) is 0. The zero-order chi connectivity index (χ0) is 12.6. The van der Waals surface area contributed by atoms with Gasteiger partial charge in [-0.3, -0.25) is 0 Å². The quantitative estimate of drug-likeness (QED) is 0.887. The van der Waals surface area contributed by atoms with Crippen molar-refractivity contribution < 1.29 is 4.39 Å². The fourth-order valence-corrected chi connectivity index (χ4v) is 3.69. The Morgan fingerprint density at radius 1 is 1.53 bits per heavy atom. The molecule has 1 aliphatic carbocycles. The first-order valence-electron chi connectivity index (χ1n) is 6.15. The lowest BCUT2D eigenvalue weighted by atomic mass is 9.54. The Kier molecular flexibility index (Phi) is 3.60. The van der Waals surface area contributed by atoms with Gasteiger partial charge in [0, 0.05) is 10.5 Å². The van der Waals surface area contributed by atoms with Gasteiger partial charge in [-0.05, 0) is 48.9 Å². The van der Waals surface area contributed by atoms with E-state index in [1.807, 2.05) is 13.1 Å². The van der Waals surface area contributed by atoms with Crippen LogP contribution in [0.15, 0.2) is 22.7 Å². The van der Waals surface area contributed by atoms with Crippen LogP contribution in [0.3, 0.4) is 0 Å². The van der Waals surface area contributed by atoms with Gasteiger partial charge < -0.3 is 5.32 Å². The summed E-state index contributed by atoms with van der Waals surface area (Å²) in [6, 6.07) is 5.61. The van der Waals surface area contributed by atoms with Crippen molar-refractivity contribution in [3.63, 3.8) is 0 Å². The molecule has 1 saturated carbocycles. The topological polar surface area (TPSA) is 12.0 Å². The number of rotatable bonds is 3. The van der Waals surface area contributed by atoms with E-state index < -0.39 is 0 Å². The molecule has 0 amide bonds. The summed E-state index contributed by atoms with van der Waals surface area (Å²) in [7, 11) is 2.02. The van der Waals surface area contributed by atoms with Crippen molar-refractivity contribution >= 4 is 15.9 Å². The molecule has 0 spiro atoms. The number of benzene rings is 1. The van der Waals surface area contributed by atoms with Crippen molar-refractivity contribution in [1.82, 2.24) is 5.32 Å². The van der Waals surface area contributed by atoms with Crippen LogP contribution < -0.4 is 5.32 Å². The van der Waals surface area contributed by atoms with Gasteiger partial charge in [-0.2, -0.15) is 0 Å². The number of hydrogen-bond donors (Lipinski definition) is 1. The van der Waals surface area contributed by atoms with Gasteiger partial charge in [0.25, 0.3) is 0 Å². The van der Waals surface area contributed by atoms with Gasteiger partial charge in [0.2, 0.25) is 0 Å². The van der Waals surface area contributed by atoms with E-state index in [0.29, 0.717) is 12.0 Å². The molecule has 3 atom stereocenters. The highest BCUT2D eigenvalue weighted by Gasteiger charge is 2.50. The average Bonchev–Trinajstić information content (AvgIpc) is 2.30. The molecule has 0 bridgehead atoms. The van der Waals surface area contributed by atoms with E-state index in [0.717, 1.165) is 17.3 Å². The fraction of sp³-hybridized carbons (Fsp3) is 0.571. The first-order chi connectivity index (χ1) is 8.02. The Morgan fingerprint density at radius 2 is 2.24 bits per heavy atom. The number of nitrogens with one attached hydrogen (secondary N) is 1. The molecule has 3 heteroatoms. The maximum Gasteiger partial charge on any atom is 0.124 e. The van der Waals surface area contributed by atoms with Crippen LogP contribution in [0.2, 0.25) is 0 Å². The van der Waals surface area contributed by atoms with Crippen LogP contribution >= 0.6 is 15.9 Å². The second-order valence-electron chi connectivity index (χ2n) is 5.15. The van der Waals surface area contributed by atoms with Gasteiger partial charge in [0.05, 0.1) is 0 Å². The lowest BCUT2D eigenvalue weighted by molar-refractivity contribution is 0.0490. The van der Waals surface area contributed by atoms with Crippen LogP contribution in [-0.2, 0) is 0 Å². The molecule has 2 rings (SSSR count). The molecule has 3 unspecified atom stereocenters. The Balaban J connectivity index is 2.30. The molecule has 1 N–H and O–H groups in total. The monoisotopic (exact) mass is 299 g/mol. The van der Waals surface area contributed by atoms with Crippen molar-refractivity contribution in [1.29, 1.82) is 0 Å². The van der Waals surface area contributed by atoms with Crippen LogP contribution in [0, 0.1) is 11.2 Å². The molecule has 1 aromatic carbocycles. The molecule has 1 fully saturated rings. The summed E-state index contributed by atoms with van der Waals surface area (Å²) >= 11 is 3.48. The minimum atomic E-state index is -0.177. The average molecular weight is 300 g/mol. The van der Waals surface area contributed by atoms with Gasteiger partial charge in [-0.25, -0.2) is 4.39 Å². The van der Waals surface area contributed by atoms with Crippen LogP contribution in [0.4, 0.5) is 4.39 Å². The molecular formula is C14H19BrFN. The number of hydrogen-bond acceptors (Lipinski definition) is 1. The molecule has 0 heterocycles. The zero-order valence-corrected chi connectivity index (χ0v) is 12.1. The van der Waals surface area contributed by atoms with Crippen molar-refractivity contribution in [2.24, 2.45) is 5.41 Å². The van der Waals surface area contributed by atoms with Crippen LogP contribution in [-0.4, -0.2) is 13.1 Å². The lowest BCUT2D eigenvalue weighted by Crippen LogP contribution is -2.55. The highest BCUT2D eigenvalue weighted by Crippen LogP contribution is 2.55. The van der Waals surface area contributed by atoms with Gasteiger partial charge in [-0.1, -0.05) is 35.8 Å². The van der Waals surface area contributed by atoms with E-state index in [1.165, 1.54) is 5.56 Å². The third-order valence-electron chi connectivity index (χ3n) is 4.51. The molecule has 1 aliphatic rings. The maximum absolute atomic E-state index is 13.1. The molecule has 1 aromatic rings. The van der Waals surface area contributed by atoms with E-state index in [4.69, 9.17) is 0 Å². The maximum atomic E-state index is 13.1. The molecule has 17 heavy (non-hydrogen) atoms. The van der Waals surface area contributed by atoms with Crippen LogP contribution in [0.1, 0.15) is 38.2 Å². The first kappa shape index (κ1) is 13.0. The summed E-state index contributed by atoms with van der Waals surface area (Å²) in [5.41, 5.74) is 1.51. The minimum absolute atomic E-state index is 0.177. The SMILES string of the molecule is CCC1(C)C(NC)CC1c1ccc(F)cc1Br. The number of halogens is 2. The van der Waals surface area contributed by atoms with Crippen molar-refractivity contribution in [2.45, 2.75) is 38.6 Å². The predicted molar refractivity (Wildman–Crippen MR) is 72.7 cm³/mol. The molecule has 0 radical (unpaired) electrons. The Labute approximate surface area is 111 Å². The predicted octanol–water partition coefficient (Wildman–Crippen LogP) is 4.08. The standard InChI is InChI=1S/C14H19BrFN/c1-4-14(2)11(8-13(14)17-3)10-6-5-9(16)7-12(10)15/h5-7,11,13,17H,4,8H2,1-3H3. The van der Waals surface area contributed by atoms with E-state index in [2.05, 4.69) is 35.1 Å². The Hall–Kier alpha value is -0.410. The summed E-state index contributed by atoms with van der Waals surface area (Å²) < 4.78 is 14.0. The second-order valence-corrected chi connectivity index (χ2v) is 6.01. The Bertz CT molecular complexity index is 421. The fourth-order valence-electron chi connectivity index (χ4n) is 3.06. The summed E-state index contributed by atoms with van der Waals surface area (Å²) in [5, 5.41) is 3.38. The lowest BCUT2D eigenvalue weighted by Gasteiger charge is -2.54. The first-order valence-corrected chi connectivity index (χ1v) is 6.94. The summed E-state index contributed by atoms with van der Waals surface area (Å²) in [6.45, 7) is 4.55. The van der Waals surface area contributed by atoms with Gasteiger partial charge in [-0.15, -0.1) is 0 Å². The third-order valence-corrected chi connectivity index (χ3v) is 5.20. The second kappa shape index (κ2) is 4.69. The summed E-state index contributed by atoms with van der Waals surface area (Å²) in [6.07, 6.45) is 2.26. The van der Waals surface area contributed by atoms with E-state index in [9.17, 15) is 4.39 Å². The minimum Gasteiger partial charge on any atom is -0.316 e. The van der Waals surface area contributed by atoms with Crippen molar-refractivity contribution in [2.75, 3.05) is 7.05 Å². The molecule has 0 aliphatic heterocycles. The molecule has 1 nitrogen and oxygen atoms in total. The highest BCUT2D eigenvalue weighted by atomic mass is 79.9. The van der Waals surface area contributed by atoms with Crippen molar-refractivity contribution in [3.05, 3.63) is 34.1 Å². The zero-order valence-electron chi connectivity index (χ0n) is 10.6. The Morgan fingerprint density at radius 3 is 2.76 bits per heavy atom. The highest BCUT2D eigenvalue weighted by molar-refractivity contribution is 9.10. The molecule has 94 valence electrons. The van der Waals surface area contributed by atoms with Crippen molar-refractivity contribution in [3.8, 4) is 0 Å². The molecule has 0 saturated heterocycles. The molecular weight excluding hydrogens is 281 g/mol. The van der Waals surface area contributed by atoms with Gasteiger partial charge in [0.1, 0.15) is 5.82 Å². The summed E-state index contributed by atoms with van der Waals surface area (Å²) in [5.74, 6) is 0.336. The van der Waals surface area contributed by atoms with Crippen LogP contribution in [0.25, 0.3) is 0 Å². The third kappa shape index (κ3) is 2.04. The largest absolute Gasteiger partial charge is 0.316 e. The van der Waals surface area contributed by atoms with E-state index in [-0.39, 0.29) is 11.2 Å². The molecule has 0 aromatic heterocycles. The normalized spacial score (nSPS) is 32.3.